The average molecular weight is 311 g/mol. The summed E-state index contributed by atoms with van der Waals surface area (Å²) in [4.78, 5) is 4.26. The summed E-state index contributed by atoms with van der Waals surface area (Å²) in [6, 6.07) is 18.8. The lowest BCUT2D eigenvalue weighted by Crippen LogP contribution is -2.37. The predicted molar refractivity (Wildman–Crippen MR) is 95.5 cm³/mol. The Kier molecular flexibility index (Phi) is 7.14. The first-order chi connectivity index (χ1) is 11.3. The molecule has 0 bridgehead atoms. The van der Waals surface area contributed by atoms with Gasteiger partial charge in [0, 0.05) is 27.2 Å². The molecule has 4 heteroatoms. The molecule has 0 fully saturated rings. The Morgan fingerprint density at radius 1 is 0.957 bits per heavy atom. The average Bonchev–Trinajstić information content (AvgIpc) is 2.59. The van der Waals surface area contributed by atoms with E-state index in [9.17, 15) is 0 Å². The van der Waals surface area contributed by atoms with Crippen molar-refractivity contribution < 1.29 is 4.74 Å². The van der Waals surface area contributed by atoms with Gasteiger partial charge in [-0.3, -0.25) is 4.99 Å². The van der Waals surface area contributed by atoms with Gasteiger partial charge in [-0.15, -0.1) is 0 Å². The maximum atomic E-state index is 5.17. The van der Waals surface area contributed by atoms with Gasteiger partial charge in [-0.25, -0.2) is 0 Å². The summed E-state index contributed by atoms with van der Waals surface area (Å²) in [5.41, 5.74) is 3.71. The van der Waals surface area contributed by atoms with Crippen LogP contribution in [0.4, 0.5) is 0 Å². The zero-order chi connectivity index (χ0) is 16.3. The van der Waals surface area contributed by atoms with Crippen LogP contribution in [0.2, 0.25) is 0 Å². The number of hydrogen-bond acceptors (Lipinski definition) is 2. The smallest absolute Gasteiger partial charge is 0.191 e. The SMILES string of the molecule is CN=C(NCCc1ccccc1)NCc1cccc(COC)c1. The summed E-state index contributed by atoms with van der Waals surface area (Å²) in [5, 5.41) is 6.68. The number of hydrogen-bond donors (Lipinski definition) is 2. The van der Waals surface area contributed by atoms with Crippen molar-refractivity contribution >= 4 is 5.96 Å². The zero-order valence-electron chi connectivity index (χ0n) is 13.9. The molecule has 0 aliphatic carbocycles. The largest absolute Gasteiger partial charge is 0.380 e. The molecule has 0 aliphatic rings. The van der Waals surface area contributed by atoms with E-state index in [0.717, 1.165) is 25.5 Å². The highest BCUT2D eigenvalue weighted by atomic mass is 16.5. The molecule has 0 aliphatic heterocycles. The Morgan fingerprint density at radius 3 is 2.43 bits per heavy atom. The fraction of sp³-hybridized carbons (Fsp3) is 0.316. The van der Waals surface area contributed by atoms with Crippen molar-refractivity contribution in [1.29, 1.82) is 0 Å². The highest BCUT2D eigenvalue weighted by Gasteiger charge is 2.00. The monoisotopic (exact) mass is 311 g/mol. The van der Waals surface area contributed by atoms with E-state index in [4.69, 9.17) is 4.74 Å². The van der Waals surface area contributed by atoms with Crippen LogP contribution in [-0.4, -0.2) is 26.7 Å². The van der Waals surface area contributed by atoms with Crippen LogP contribution in [-0.2, 0) is 24.3 Å². The van der Waals surface area contributed by atoms with Gasteiger partial charge < -0.3 is 15.4 Å². The van der Waals surface area contributed by atoms with E-state index in [-0.39, 0.29) is 0 Å². The topological polar surface area (TPSA) is 45.7 Å². The Labute approximate surface area is 138 Å². The Bertz CT molecular complexity index is 611. The summed E-state index contributed by atoms with van der Waals surface area (Å²) in [6.45, 7) is 2.23. The van der Waals surface area contributed by atoms with Crippen LogP contribution in [0.5, 0.6) is 0 Å². The van der Waals surface area contributed by atoms with Crippen LogP contribution in [0.1, 0.15) is 16.7 Å². The van der Waals surface area contributed by atoms with E-state index in [0.29, 0.717) is 6.61 Å². The lowest BCUT2D eigenvalue weighted by atomic mass is 10.1. The van der Waals surface area contributed by atoms with Gasteiger partial charge in [0.25, 0.3) is 0 Å². The molecule has 2 N–H and O–H groups in total. The fourth-order valence-electron chi connectivity index (χ4n) is 2.37. The van der Waals surface area contributed by atoms with E-state index >= 15 is 0 Å². The normalized spacial score (nSPS) is 11.3. The first-order valence-corrected chi connectivity index (χ1v) is 7.87. The number of methoxy groups -OCH3 is 1. The molecule has 122 valence electrons. The Balaban J connectivity index is 1.77. The standard InChI is InChI=1S/C19H25N3O/c1-20-19(21-12-11-16-7-4-3-5-8-16)22-14-17-9-6-10-18(13-17)15-23-2/h3-10,13H,11-12,14-15H2,1-2H3,(H2,20,21,22). The van der Waals surface area contributed by atoms with E-state index in [1.165, 1.54) is 16.7 Å². The van der Waals surface area contributed by atoms with E-state index in [1.807, 2.05) is 6.07 Å². The van der Waals surface area contributed by atoms with Crippen LogP contribution in [0.15, 0.2) is 59.6 Å². The quantitative estimate of drug-likeness (QED) is 0.610. The van der Waals surface area contributed by atoms with Crippen LogP contribution < -0.4 is 10.6 Å². The molecule has 0 amide bonds. The molecule has 2 rings (SSSR count). The number of benzene rings is 2. The molecule has 0 aromatic heterocycles. The number of ether oxygens (including phenoxy) is 1. The zero-order valence-corrected chi connectivity index (χ0v) is 13.9. The highest BCUT2D eigenvalue weighted by molar-refractivity contribution is 5.79. The summed E-state index contributed by atoms with van der Waals surface area (Å²) in [7, 11) is 3.50. The minimum absolute atomic E-state index is 0.637. The minimum Gasteiger partial charge on any atom is -0.380 e. The molecule has 4 nitrogen and oxygen atoms in total. The molecule has 23 heavy (non-hydrogen) atoms. The van der Waals surface area contributed by atoms with Crippen molar-refractivity contribution in [2.75, 3.05) is 20.7 Å². The third kappa shape index (κ3) is 6.12. The summed E-state index contributed by atoms with van der Waals surface area (Å²) < 4.78 is 5.17. The summed E-state index contributed by atoms with van der Waals surface area (Å²) in [5.74, 6) is 0.818. The number of guanidine groups is 1. The van der Waals surface area contributed by atoms with E-state index < -0.39 is 0 Å². The lowest BCUT2D eigenvalue weighted by molar-refractivity contribution is 0.185. The second-order valence-electron chi connectivity index (χ2n) is 5.34. The van der Waals surface area contributed by atoms with Crippen molar-refractivity contribution in [3.8, 4) is 0 Å². The summed E-state index contributed by atoms with van der Waals surface area (Å²) >= 11 is 0. The maximum absolute atomic E-state index is 5.17. The van der Waals surface area contributed by atoms with Crippen molar-refractivity contribution in [2.24, 2.45) is 4.99 Å². The van der Waals surface area contributed by atoms with Gasteiger partial charge in [-0.1, -0.05) is 54.6 Å². The van der Waals surface area contributed by atoms with Gasteiger partial charge in [-0.2, -0.15) is 0 Å². The molecule has 0 heterocycles. The van der Waals surface area contributed by atoms with Gasteiger partial charge in [0.15, 0.2) is 5.96 Å². The number of aliphatic imine (C=N–C) groups is 1. The number of nitrogens with one attached hydrogen (secondary N) is 2. The van der Waals surface area contributed by atoms with Gasteiger partial charge in [-0.05, 0) is 23.1 Å². The Morgan fingerprint density at radius 2 is 1.70 bits per heavy atom. The molecular weight excluding hydrogens is 286 g/mol. The maximum Gasteiger partial charge on any atom is 0.191 e. The van der Waals surface area contributed by atoms with Gasteiger partial charge >= 0.3 is 0 Å². The predicted octanol–water partition coefficient (Wildman–Crippen LogP) is 2.74. The van der Waals surface area contributed by atoms with Crippen molar-refractivity contribution in [1.82, 2.24) is 10.6 Å². The molecule has 0 radical (unpaired) electrons. The molecule has 2 aromatic carbocycles. The first-order valence-electron chi connectivity index (χ1n) is 7.87. The molecule has 0 spiro atoms. The second kappa shape index (κ2) is 9.64. The van der Waals surface area contributed by atoms with Crippen LogP contribution in [0.25, 0.3) is 0 Å². The van der Waals surface area contributed by atoms with Crippen molar-refractivity contribution in [3.05, 3.63) is 71.3 Å². The third-order valence-corrected chi connectivity index (χ3v) is 3.53. The molecule has 0 saturated heterocycles. The van der Waals surface area contributed by atoms with Crippen molar-refractivity contribution in [3.63, 3.8) is 0 Å². The number of rotatable bonds is 7. The molecule has 0 atom stereocenters. The van der Waals surface area contributed by atoms with Crippen LogP contribution in [0.3, 0.4) is 0 Å². The van der Waals surface area contributed by atoms with E-state index in [1.54, 1.807) is 14.2 Å². The van der Waals surface area contributed by atoms with Crippen molar-refractivity contribution in [2.45, 2.75) is 19.6 Å². The van der Waals surface area contributed by atoms with E-state index in [2.05, 4.69) is 64.2 Å². The minimum atomic E-state index is 0.637. The number of nitrogens with zero attached hydrogens (tertiary/aromatic N) is 1. The van der Waals surface area contributed by atoms with Gasteiger partial charge in [0.05, 0.1) is 6.61 Å². The fourth-order valence-corrected chi connectivity index (χ4v) is 2.37. The third-order valence-electron chi connectivity index (χ3n) is 3.53. The molecule has 0 unspecified atom stereocenters. The van der Waals surface area contributed by atoms with Gasteiger partial charge in [0.1, 0.15) is 0 Å². The first kappa shape index (κ1) is 17.0. The molecule has 2 aromatic rings. The summed E-state index contributed by atoms with van der Waals surface area (Å²) in [6.07, 6.45) is 0.977. The van der Waals surface area contributed by atoms with Crippen LogP contribution in [0, 0.1) is 0 Å². The molecular formula is C19H25N3O. The van der Waals surface area contributed by atoms with Gasteiger partial charge in [0.2, 0.25) is 0 Å². The van der Waals surface area contributed by atoms with Crippen LogP contribution >= 0.6 is 0 Å². The second-order valence-corrected chi connectivity index (χ2v) is 5.34. The molecule has 0 saturated carbocycles. The Hall–Kier alpha value is -2.33. The lowest BCUT2D eigenvalue weighted by Gasteiger charge is -2.12. The highest BCUT2D eigenvalue weighted by Crippen LogP contribution is 2.06.